The molecule has 1 aliphatic heterocycles. The molecule has 1 N–H and O–H groups in total. The van der Waals surface area contributed by atoms with E-state index in [1.807, 2.05) is 5.38 Å². The number of nitrogens with one attached hydrogen (secondary N) is 1. The van der Waals surface area contributed by atoms with Crippen LogP contribution in [0.4, 0.5) is 8.78 Å². The minimum Gasteiger partial charge on any atom is -0.317 e. The van der Waals surface area contributed by atoms with Gasteiger partial charge in [-0.25, -0.2) is 13.8 Å². The van der Waals surface area contributed by atoms with Crippen LogP contribution in [0.25, 0.3) is 11.3 Å². The Labute approximate surface area is 120 Å². The van der Waals surface area contributed by atoms with Crippen LogP contribution in [0.1, 0.15) is 29.3 Å². The van der Waals surface area contributed by atoms with Crippen LogP contribution < -0.4 is 5.32 Å². The lowest BCUT2D eigenvalue weighted by Crippen LogP contribution is -2.26. The molecule has 0 bridgehead atoms. The largest absolute Gasteiger partial charge is 0.317 e. The van der Waals surface area contributed by atoms with Crippen molar-refractivity contribution in [2.24, 2.45) is 0 Å². The zero-order valence-corrected chi connectivity index (χ0v) is 12.1. The molecule has 2 nitrogen and oxygen atoms in total. The summed E-state index contributed by atoms with van der Waals surface area (Å²) in [6.45, 7) is 3.55. The van der Waals surface area contributed by atoms with Crippen molar-refractivity contribution in [2.75, 3.05) is 13.1 Å². The molecular weight excluding hydrogens is 278 g/mol. The van der Waals surface area contributed by atoms with Crippen molar-refractivity contribution in [3.05, 3.63) is 39.7 Å². The third-order valence-corrected chi connectivity index (χ3v) is 4.74. The molecule has 1 aromatic heterocycles. The Morgan fingerprint density at radius 3 is 2.70 bits per heavy atom. The molecule has 2 aromatic rings. The van der Waals surface area contributed by atoms with E-state index in [-0.39, 0.29) is 5.56 Å². The van der Waals surface area contributed by atoms with Crippen LogP contribution in [0.2, 0.25) is 0 Å². The third-order valence-electron chi connectivity index (χ3n) is 3.73. The maximum absolute atomic E-state index is 14.0. The number of hydrogen-bond donors (Lipinski definition) is 1. The fourth-order valence-corrected chi connectivity index (χ4v) is 3.50. The van der Waals surface area contributed by atoms with Crippen LogP contribution in [0.15, 0.2) is 17.5 Å². The van der Waals surface area contributed by atoms with Crippen molar-refractivity contribution in [3.8, 4) is 11.3 Å². The number of nitrogens with zero attached hydrogens (tertiary/aromatic N) is 1. The van der Waals surface area contributed by atoms with Crippen LogP contribution in [-0.4, -0.2) is 18.1 Å². The molecule has 0 atom stereocenters. The summed E-state index contributed by atoms with van der Waals surface area (Å²) < 4.78 is 27.6. The molecular formula is C15H16F2N2S. The van der Waals surface area contributed by atoms with Crippen molar-refractivity contribution in [3.63, 3.8) is 0 Å². The number of aromatic nitrogens is 1. The molecule has 2 heterocycles. The van der Waals surface area contributed by atoms with Crippen molar-refractivity contribution in [1.82, 2.24) is 10.3 Å². The van der Waals surface area contributed by atoms with E-state index in [0.717, 1.165) is 30.9 Å². The summed E-state index contributed by atoms with van der Waals surface area (Å²) in [5.74, 6) is -0.364. The number of halogens is 2. The molecule has 5 heteroatoms. The Morgan fingerprint density at radius 2 is 1.95 bits per heavy atom. The van der Waals surface area contributed by atoms with Crippen molar-refractivity contribution < 1.29 is 8.78 Å². The van der Waals surface area contributed by atoms with E-state index < -0.39 is 11.6 Å². The van der Waals surface area contributed by atoms with Gasteiger partial charge in [0.1, 0.15) is 11.6 Å². The van der Waals surface area contributed by atoms with Gasteiger partial charge in [0.15, 0.2) is 0 Å². The van der Waals surface area contributed by atoms with Gasteiger partial charge >= 0.3 is 0 Å². The third kappa shape index (κ3) is 2.60. The highest BCUT2D eigenvalue weighted by Crippen LogP contribution is 2.32. The van der Waals surface area contributed by atoms with Crippen molar-refractivity contribution >= 4 is 11.3 Å². The second kappa shape index (κ2) is 5.58. The van der Waals surface area contributed by atoms with Gasteiger partial charge in [0, 0.05) is 16.9 Å². The lowest BCUT2D eigenvalue weighted by Gasteiger charge is -2.20. The lowest BCUT2D eigenvalue weighted by atomic mass is 9.99. The van der Waals surface area contributed by atoms with Crippen LogP contribution >= 0.6 is 11.3 Å². The summed E-state index contributed by atoms with van der Waals surface area (Å²) in [7, 11) is 0. The van der Waals surface area contributed by atoms with Crippen LogP contribution in [-0.2, 0) is 0 Å². The molecule has 0 amide bonds. The summed E-state index contributed by atoms with van der Waals surface area (Å²) in [5, 5.41) is 6.17. The van der Waals surface area contributed by atoms with Crippen molar-refractivity contribution in [2.45, 2.75) is 25.7 Å². The number of piperidine rings is 1. The number of hydrogen-bond acceptors (Lipinski definition) is 3. The fourth-order valence-electron chi connectivity index (χ4n) is 2.51. The first-order chi connectivity index (χ1) is 9.65. The molecule has 20 heavy (non-hydrogen) atoms. The Balaban J connectivity index is 1.91. The van der Waals surface area contributed by atoms with Gasteiger partial charge in [-0.3, -0.25) is 0 Å². The van der Waals surface area contributed by atoms with E-state index in [0.29, 0.717) is 17.2 Å². The summed E-state index contributed by atoms with van der Waals surface area (Å²) in [6.07, 6.45) is 2.11. The molecule has 0 unspecified atom stereocenters. The van der Waals surface area contributed by atoms with Crippen LogP contribution in [0.3, 0.4) is 0 Å². The molecule has 1 saturated heterocycles. The number of rotatable bonds is 2. The molecule has 1 fully saturated rings. The van der Waals surface area contributed by atoms with Gasteiger partial charge in [0.2, 0.25) is 0 Å². The average Bonchev–Trinajstić information content (AvgIpc) is 2.93. The predicted molar refractivity (Wildman–Crippen MR) is 77.0 cm³/mol. The van der Waals surface area contributed by atoms with Gasteiger partial charge < -0.3 is 5.32 Å². The molecule has 0 spiro atoms. The zero-order valence-electron chi connectivity index (χ0n) is 11.2. The highest BCUT2D eigenvalue weighted by molar-refractivity contribution is 7.10. The van der Waals surface area contributed by atoms with E-state index in [2.05, 4.69) is 10.3 Å². The van der Waals surface area contributed by atoms with E-state index in [4.69, 9.17) is 0 Å². The van der Waals surface area contributed by atoms with E-state index >= 15 is 0 Å². The topological polar surface area (TPSA) is 24.9 Å². The predicted octanol–water partition coefficient (Wildman–Crippen LogP) is 3.86. The maximum atomic E-state index is 14.0. The molecule has 106 valence electrons. The minimum atomic E-state index is -0.411. The smallest absolute Gasteiger partial charge is 0.133 e. The standard InChI is InChI=1S/C15H16F2N2S/c1-9-6-13(17)11(7-12(9)16)14-8-20-15(19-14)10-2-4-18-5-3-10/h6-8,10,18H,2-5H2,1H3. The van der Waals surface area contributed by atoms with Crippen LogP contribution in [0.5, 0.6) is 0 Å². The van der Waals surface area contributed by atoms with E-state index in [1.54, 1.807) is 18.3 Å². The molecule has 1 aromatic carbocycles. The number of thiazole rings is 1. The maximum Gasteiger partial charge on any atom is 0.133 e. The number of benzene rings is 1. The highest BCUT2D eigenvalue weighted by Gasteiger charge is 2.20. The Hall–Kier alpha value is -1.33. The van der Waals surface area contributed by atoms with Gasteiger partial charge in [-0.1, -0.05) is 0 Å². The lowest BCUT2D eigenvalue weighted by molar-refractivity contribution is 0.459. The second-order valence-corrected chi connectivity index (χ2v) is 6.07. The molecule has 0 saturated carbocycles. The Bertz CT molecular complexity index is 618. The normalized spacial score (nSPS) is 16.6. The SMILES string of the molecule is Cc1cc(F)c(-c2csc(C3CCNCC3)n2)cc1F. The number of aryl methyl sites for hydroxylation is 1. The summed E-state index contributed by atoms with van der Waals surface area (Å²) in [6, 6.07) is 2.47. The zero-order chi connectivity index (χ0) is 14.1. The van der Waals surface area contributed by atoms with Crippen LogP contribution in [0, 0.1) is 18.6 Å². The second-order valence-electron chi connectivity index (χ2n) is 5.18. The van der Waals surface area contributed by atoms with Gasteiger partial charge in [0.05, 0.1) is 10.7 Å². The van der Waals surface area contributed by atoms with Gasteiger partial charge in [-0.15, -0.1) is 11.3 Å². The van der Waals surface area contributed by atoms with E-state index in [1.165, 1.54) is 12.1 Å². The minimum absolute atomic E-state index is 0.254. The fraction of sp³-hybridized carbons (Fsp3) is 0.400. The van der Waals surface area contributed by atoms with Gasteiger partial charge in [0.25, 0.3) is 0 Å². The summed E-state index contributed by atoms with van der Waals surface area (Å²) in [5.41, 5.74) is 1.12. The first kappa shape index (κ1) is 13.6. The van der Waals surface area contributed by atoms with Gasteiger partial charge in [-0.05, 0) is 50.6 Å². The monoisotopic (exact) mass is 294 g/mol. The first-order valence-electron chi connectivity index (χ1n) is 6.77. The molecule has 1 aliphatic rings. The summed E-state index contributed by atoms with van der Waals surface area (Å²) >= 11 is 1.54. The highest BCUT2D eigenvalue weighted by atomic mass is 32.1. The summed E-state index contributed by atoms with van der Waals surface area (Å²) in [4.78, 5) is 4.52. The average molecular weight is 294 g/mol. The first-order valence-corrected chi connectivity index (χ1v) is 7.65. The Morgan fingerprint density at radius 1 is 1.20 bits per heavy atom. The quantitative estimate of drug-likeness (QED) is 0.909. The Kier molecular flexibility index (Phi) is 3.81. The van der Waals surface area contributed by atoms with Gasteiger partial charge in [-0.2, -0.15) is 0 Å². The molecule has 0 radical (unpaired) electrons. The van der Waals surface area contributed by atoms with Crippen molar-refractivity contribution in [1.29, 1.82) is 0 Å². The molecule has 0 aliphatic carbocycles. The molecule has 3 rings (SSSR count). The van der Waals surface area contributed by atoms with E-state index in [9.17, 15) is 8.78 Å².